The second-order valence-electron chi connectivity index (χ2n) is 7.68. The number of fused-ring (bicyclic) bond motifs is 1. The first-order valence-electron chi connectivity index (χ1n) is 10.4. The van der Waals surface area contributed by atoms with Crippen LogP contribution in [0.1, 0.15) is 17.2 Å². The van der Waals surface area contributed by atoms with Crippen molar-refractivity contribution in [2.45, 2.75) is 6.04 Å². The highest BCUT2D eigenvalue weighted by Crippen LogP contribution is 2.44. The van der Waals surface area contributed by atoms with Crippen LogP contribution in [-0.2, 0) is 9.59 Å². The summed E-state index contributed by atoms with van der Waals surface area (Å²) in [6, 6.07) is 22.7. The fourth-order valence-corrected chi connectivity index (χ4v) is 4.26. The van der Waals surface area contributed by atoms with Crippen molar-refractivity contribution in [3.05, 3.63) is 108 Å². The molecule has 1 aromatic heterocycles. The van der Waals surface area contributed by atoms with Crippen molar-refractivity contribution >= 4 is 33.9 Å². The fraction of sp³-hybridized carbons (Fsp3) is 0.0741. The Bertz CT molecular complexity index is 1390. The summed E-state index contributed by atoms with van der Waals surface area (Å²) < 4.78 is 5.18. The van der Waals surface area contributed by atoms with Gasteiger partial charge in [-0.3, -0.25) is 19.5 Å². The number of ether oxygens (including phenoxy) is 1. The number of aromatic nitrogens is 1. The van der Waals surface area contributed by atoms with Gasteiger partial charge in [-0.05, 0) is 47.3 Å². The predicted molar refractivity (Wildman–Crippen MR) is 126 cm³/mol. The number of benzene rings is 3. The maximum absolute atomic E-state index is 13.4. The lowest BCUT2D eigenvalue weighted by atomic mass is 9.96. The lowest BCUT2D eigenvalue weighted by Gasteiger charge is -2.26. The van der Waals surface area contributed by atoms with E-state index < -0.39 is 17.7 Å². The number of hydrogen-bond acceptors (Lipinski definition) is 5. The Morgan fingerprint density at radius 2 is 1.70 bits per heavy atom. The van der Waals surface area contributed by atoms with Crippen LogP contribution in [0.4, 0.5) is 5.69 Å². The molecule has 4 aromatic rings. The highest BCUT2D eigenvalue weighted by atomic mass is 16.5. The van der Waals surface area contributed by atoms with Crippen molar-refractivity contribution in [1.82, 2.24) is 4.98 Å². The zero-order valence-electron chi connectivity index (χ0n) is 17.8. The summed E-state index contributed by atoms with van der Waals surface area (Å²) in [6.45, 7) is 0. The van der Waals surface area contributed by atoms with Crippen LogP contribution in [0.5, 0.6) is 5.75 Å². The van der Waals surface area contributed by atoms with Gasteiger partial charge in [-0.15, -0.1) is 0 Å². The van der Waals surface area contributed by atoms with Crippen LogP contribution in [0.15, 0.2) is 96.8 Å². The first-order chi connectivity index (χ1) is 16.1. The molecule has 3 aromatic carbocycles. The smallest absolute Gasteiger partial charge is 0.300 e. The van der Waals surface area contributed by atoms with Gasteiger partial charge in [0.25, 0.3) is 11.7 Å². The molecule has 0 saturated carbocycles. The van der Waals surface area contributed by atoms with Crippen molar-refractivity contribution in [1.29, 1.82) is 0 Å². The Morgan fingerprint density at radius 3 is 2.42 bits per heavy atom. The van der Waals surface area contributed by atoms with E-state index in [2.05, 4.69) is 4.98 Å². The number of aliphatic hydroxyl groups is 1. The van der Waals surface area contributed by atoms with E-state index in [-0.39, 0.29) is 11.3 Å². The van der Waals surface area contributed by atoms with E-state index in [0.717, 1.165) is 10.8 Å². The van der Waals surface area contributed by atoms with E-state index in [9.17, 15) is 14.7 Å². The Balaban J connectivity index is 1.75. The van der Waals surface area contributed by atoms with Crippen LogP contribution in [-0.4, -0.2) is 28.9 Å². The molecule has 6 nitrogen and oxygen atoms in total. The molecule has 1 fully saturated rings. The number of amides is 1. The Kier molecular flexibility index (Phi) is 5.11. The summed E-state index contributed by atoms with van der Waals surface area (Å²) in [5, 5.41) is 13.0. The highest BCUT2D eigenvalue weighted by Gasteiger charge is 2.47. The average Bonchev–Trinajstić information content (AvgIpc) is 3.14. The minimum Gasteiger partial charge on any atom is -0.507 e. The van der Waals surface area contributed by atoms with E-state index in [1.54, 1.807) is 55.9 Å². The van der Waals surface area contributed by atoms with Crippen LogP contribution in [0, 0.1) is 0 Å². The van der Waals surface area contributed by atoms with Crippen LogP contribution in [0.2, 0.25) is 0 Å². The zero-order valence-corrected chi connectivity index (χ0v) is 17.8. The molecule has 0 spiro atoms. The minimum atomic E-state index is -0.827. The molecular weight excluding hydrogens is 416 g/mol. The Morgan fingerprint density at radius 1 is 0.939 bits per heavy atom. The number of pyridine rings is 1. The zero-order chi connectivity index (χ0) is 22.9. The number of carbonyl (C=O) groups excluding carboxylic acids is 2. The van der Waals surface area contributed by atoms with Gasteiger partial charge in [0, 0.05) is 23.3 Å². The number of carbonyl (C=O) groups is 2. The maximum atomic E-state index is 13.4. The topological polar surface area (TPSA) is 79.7 Å². The summed E-state index contributed by atoms with van der Waals surface area (Å²) in [4.78, 5) is 32.3. The third kappa shape index (κ3) is 3.42. The standard InChI is InChI=1S/C27H20N2O4/c1-33-20-13-11-18(12-14-20)25(30)23-24(19-8-5-15-28-16-19)29(27(32)26(23)31)22-10-4-7-17-6-2-3-9-21(17)22/h2-16,24,30H,1H3/b25-23+. The van der Waals surface area contributed by atoms with Crippen LogP contribution in [0.25, 0.3) is 16.5 Å². The predicted octanol–water partition coefficient (Wildman–Crippen LogP) is 4.87. The first kappa shape index (κ1) is 20.5. The molecule has 1 atom stereocenters. The lowest BCUT2D eigenvalue weighted by Crippen LogP contribution is -2.29. The van der Waals surface area contributed by atoms with Crippen molar-refractivity contribution in [3.8, 4) is 5.75 Å². The second kappa shape index (κ2) is 8.24. The summed E-state index contributed by atoms with van der Waals surface area (Å²) in [5.74, 6) is -1.07. The van der Waals surface area contributed by atoms with Gasteiger partial charge in [0.15, 0.2) is 0 Å². The van der Waals surface area contributed by atoms with Crippen molar-refractivity contribution in [2.24, 2.45) is 0 Å². The normalized spacial score (nSPS) is 17.5. The Hall–Kier alpha value is -4.45. The third-order valence-electron chi connectivity index (χ3n) is 5.83. The lowest BCUT2D eigenvalue weighted by molar-refractivity contribution is -0.132. The molecule has 0 radical (unpaired) electrons. The average molecular weight is 436 g/mol. The number of methoxy groups -OCH3 is 1. The summed E-state index contributed by atoms with van der Waals surface area (Å²) >= 11 is 0. The van der Waals surface area contributed by atoms with Crippen molar-refractivity contribution in [2.75, 3.05) is 12.0 Å². The third-order valence-corrected chi connectivity index (χ3v) is 5.83. The second-order valence-corrected chi connectivity index (χ2v) is 7.68. The van der Waals surface area contributed by atoms with Crippen LogP contribution < -0.4 is 9.64 Å². The fourth-order valence-electron chi connectivity index (χ4n) is 4.26. The molecule has 1 aliphatic heterocycles. The van der Waals surface area contributed by atoms with Gasteiger partial charge in [-0.2, -0.15) is 0 Å². The van der Waals surface area contributed by atoms with E-state index in [0.29, 0.717) is 22.6 Å². The van der Waals surface area contributed by atoms with E-state index in [1.165, 1.54) is 4.90 Å². The molecule has 1 amide bonds. The number of nitrogens with zero attached hydrogens (tertiary/aromatic N) is 2. The molecule has 5 rings (SSSR count). The number of rotatable bonds is 4. The number of hydrogen-bond donors (Lipinski definition) is 1. The Labute approximate surface area is 190 Å². The van der Waals surface area contributed by atoms with Gasteiger partial charge in [0.1, 0.15) is 11.5 Å². The van der Waals surface area contributed by atoms with E-state index in [1.807, 2.05) is 42.5 Å². The van der Waals surface area contributed by atoms with Gasteiger partial charge in [0.05, 0.1) is 24.4 Å². The largest absolute Gasteiger partial charge is 0.507 e. The molecule has 2 heterocycles. The van der Waals surface area contributed by atoms with E-state index in [4.69, 9.17) is 4.74 Å². The number of aliphatic hydroxyl groups excluding tert-OH is 1. The maximum Gasteiger partial charge on any atom is 0.300 e. The van der Waals surface area contributed by atoms with Crippen molar-refractivity contribution < 1.29 is 19.4 Å². The molecule has 1 saturated heterocycles. The molecular formula is C27H20N2O4. The number of anilines is 1. The van der Waals surface area contributed by atoms with Gasteiger partial charge in [-0.1, -0.05) is 42.5 Å². The molecule has 0 bridgehead atoms. The van der Waals surface area contributed by atoms with Gasteiger partial charge in [-0.25, -0.2) is 0 Å². The molecule has 1 N–H and O–H groups in total. The van der Waals surface area contributed by atoms with Crippen molar-refractivity contribution in [3.63, 3.8) is 0 Å². The first-order valence-corrected chi connectivity index (χ1v) is 10.4. The minimum absolute atomic E-state index is 0.0195. The number of ketones is 1. The van der Waals surface area contributed by atoms with Crippen LogP contribution >= 0.6 is 0 Å². The quantitative estimate of drug-likeness (QED) is 0.281. The SMILES string of the molecule is COc1ccc(/C(O)=C2\C(=O)C(=O)N(c3cccc4ccccc34)C2c2cccnc2)cc1. The summed E-state index contributed by atoms with van der Waals surface area (Å²) in [6.07, 6.45) is 3.23. The summed E-state index contributed by atoms with van der Waals surface area (Å²) in [5.41, 5.74) is 1.66. The monoisotopic (exact) mass is 436 g/mol. The highest BCUT2D eigenvalue weighted by molar-refractivity contribution is 6.52. The molecule has 33 heavy (non-hydrogen) atoms. The van der Waals surface area contributed by atoms with E-state index >= 15 is 0 Å². The molecule has 1 unspecified atom stereocenters. The summed E-state index contributed by atoms with van der Waals surface area (Å²) in [7, 11) is 1.55. The van der Waals surface area contributed by atoms with Crippen LogP contribution in [0.3, 0.4) is 0 Å². The van der Waals surface area contributed by atoms with Gasteiger partial charge < -0.3 is 9.84 Å². The molecule has 1 aliphatic rings. The van der Waals surface area contributed by atoms with Gasteiger partial charge >= 0.3 is 0 Å². The molecule has 0 aliphatic carbocycles. The molecule has 162 valence electrons. The number of Topliss-reactive ketones (excluding diaryl/α,β-unsaturated/α-hetero) is 1. The van der Waals surface area contributed by atoms with Gasteiger partial charge in [0.2, 0.25) is 0 Å². The molecule has 6 heteroatoms.